The van der Waals surface area contributed by atoms with E-state index in [2.05, 4.69) is 56.1 Å². The van der Waals surface area contributed by atoms with Gasteiger partial charge in [0.25, 0.3) is 0 Å². The predicted octanol–water partition coefficient (Wildman–Crippen LogP) is 4.27. The lowest BCUT2D eigenvalue weighted by Crippen LogP contribution is -1.97. The van der Waals surface area contributed by atoms with E-state index in [1.165, 1.54) is 26.5 Å². The monoisotopic (exact) mass is 298 g/mol. The van der Waals surface area contributed by atoms with Gasteiger partial charge in [-0.1, -0.05) is 56.1 Å². The third kappa shape index (κ3) is 0.962. The number of allylic oxidation sites excluding steroid dienone is 2. The Bertz CT molecular complexity index is 369. The van der Waals surface area contributed by atoms with Crippen LogP contribution in [0.25, 0.3) is 0 Å². The number of rotatable bonds is 0. The van der Waals surface area contributed by atoms with Gasteiger partial charge in [-0.15, -0.1) is 0 Å². The molecule has 13 heavy (non-hydrogen) atoms. The molecule has 0 N–H and O–H groups in total. The Kier molecular flexibility index (Phi) is 1.72. The van der Waals surface area contributed by atoms with Crippen LogP contribution in [-0.4, -0.2) is 0 Å². The van der Waals surface area contributed by atoms with Crippen molar-refractivity contribution in [2.24, 2.45) is 0 Å². The summed E-state index contributed by atoms with van der Waals surface area (Å²) in [5.74, 6) is 1.24. The van der Waals surface area contributed by atoms with Crippen molar-refractivity contribution >= 4 is 31.9 Å². The number of halogens is 2. The van der Waals surface area contributed by atoms with Gasteiger partial charge in [0, 0.05) is 20.8 Å². The normalized spacial score (nSPS) is 29.7. The molecule has 2 bridgehead atoms. The van der Waals surface area contributed by atoms with E-state index >= 15 is 0 Å². The van der Waals surface area contributed by atoms with Crippen LogP contribution in [0.1, 0.15) is 29.4 Å². The summed E-state index contributed by atoms with van der Waals surface area (Å²) in [5.41, 5.74) is 3.03. The van der Waals surface area contributed by atoms with E-state index in [0.717, 1.165) is 0 Å². The average Bonchev–Trinajstić information content (AvgIpc) is 2.66. The molecule has 0 radical (unpaired) electrons. The van der Waals surface area contributed by atoms with E-state index in [-0.39, 0.29) is 0 Å². The van der Waals surface area contributed by atoms with Crippen molar-refractivity contribution in [2.75, 3.05) is 0 Å². The molecule has 2 aliphatic carbocycles. The molecule has 0 saturated carbocycles. The molecule has 0 amide bonds. The number of benzene rings is 1. The molecule has 0 aliphatic heterocycles. The highest BCUT2D eigenvalue weighted by Crippen LogP contribution is 2.59. The third-order valence-electron chi connectivity index (χ3n) is 3.06. The maximum atomic E-state index is 3.66. The van der Waals surface area contributed by atoms with Crippen molar-refractivity contribution in [3.05, 3.63) is 44.4 Å². The second-order valence-corrected chi connectivity index (χ2v) is 5.37. The van der Waals surface area contributed by atoms with E-state index in [1.807, 2.05) is 0 Å². The maximum absolute atomic E-state index is 3.66. The first-order valence-corrected chi connectivity index (χ1v) is 6.01. The molecule has 1 aromatic rings. The van der Waals surface area contributed by atoms with Crippen LogP contribution in [-0.2, 0) is 0 Å². The molecule has 2 atom stereocenters. The third-order valence-corrected chi connectivity index (χ3v) is 5.55. The summed E-state index contributed by atoms with van der Waals surface area (Å²) >= 11 is 7.33. The Morgan fingerprint density at radius 1 is 0.923 bits per heavy atom. The van der Waals surface area contributed by atoms with Crippen LogP contribution in [0.3, 0.4) is 0 Å². The number of hydrogen-bond acceptors (Lipinski definition) is 0. The van der Waals surface area contributed by atoms with Gasteiger partial charge in [-0.25, -0.2) is 0 Å². The molecule has 0 aromatic heterocycles. The summed E-state index contributed by atoms with van der Waals surface area (Å²) in [6.07, 6.45) is 1.25. The lowest BCUT2D eigenvalue weighted by Gasteiger charge is -2.15. The van der Waals surface area contributed by atoms with Crippen LogP contribution in [0.5, 0.6) is 0 Å². The first-order chi connectivity index (χ1) is 6.29. The minimum atomic E-state index is 0.621. The Morgan fingerprint density at radius 3 is 1.85 bits per heavy atom. The van der Waals surface area contributed by atoms with Crippen LogP contribution < -0.4 is 0 Å². The smallest absolute Gasteiger partial charge is 0.0176 e. The standard InChI is InChI=1S/C11H8Br2/c12-10-8-5-9(11(10)13)7-4-2-1-3-6(7)8/h1-4,8-9H,5H2/t8-,9+. The molecule has 2 heteroatoms. The summed E-state index contributed by atoms with van der Waals surface area (Å²) in [4.78, 5) is 0. The van der Waals surface area contributed by atoms with Crippen molar-refractivity contribution in [2.45, 2.75) is 18.3 Å². The summed E-state index contributed by atoms with van der Waals surface area (Å²) in [7, 11) is 0. The minimum Gasteiger partial charge on any atom is -0.0620 e. The minimum absolute atomic E-state index is 0.621. The van der Waals surface area contributed by atoms with Crippen LogP contribution in [0.4, 0.5) is 0 Å². The second-order valence-electron chi connectivity index (χ2n) is 3.67. The first kappa shape index (κ1) is 8.25. The second kappa shape index (κ2) is 2.71. The molecule has 3 rings (SSSR count). The van der Waals surface area contributed by atoms with Gasteiger partial charge in [-0.3, -0.25) is 0 Å². The highest BCUT2D eigenvalue weighted by Gasteiger charge is 2.41. The predicted molar refractivity (Wildman–Crippen MR) is 61.4 cm³/mol. The summed E-state index contributed by atoms with van der Waals surface area (Å²) in [6.45, 7) is 0. The van der Waals surface area contributed by atoms with Crippen molar-refractivity contribution in [1.29, 1.82) is 0 Å². The van der Waals surface area contributed by atoms with Gasteiger partial charge in [0.1, 0.15) is 0 Å². The number of hydrogen-bond donors (Lipinski definition) is 0. The van der Waals surface area contributed by atoms with Gasteiger partial charge in [0.05, 0.1) is 0 Å². The fraction of sp³-hybridized carbons (Fsp3) is 0.273. The van der Waals surface area contributed by atoms with Gasteiger partial charge in [-0.05, 0) is 17.5 Å². The molecule has 0 heterocycles. The highest BCUT2D eigenvalue weighted by atomic mass is 79.9. The Balaban J connectivity index is 2.24. The van der Waals surface area contributed by atoms with Gasteiger partial charge >= 0.3 is 0 Å². The average molecular weight is 300 g/mol. The first-order valence-electron chi connectivity index (χ1n) is 4.43. The highest BCUT2D eigenvalue weighted by molar-refractivity contribution is 9.14. The quantitative estimate of drug-likeness (QED) is 0.671. The maximum Gasteiger partial charge on any atom is 0.0176 e. The number of fused-ring (bicyclic) bond motifs is 5. The van der Waals surface area contributed by atoms with Gasteiger partial charge in [0.15, 0.2) is 0 Å². The zero-order valence-electron chi connectivity index (χ0n) is 6.93. The Hall–Kier alpha value is -0.0800. The van der Waals surface area contributed by atoms with Crippen LogP contribution in [0.2, 0.25) is 0 Å². The van der Waals surface area contributed by atoms with Crippen LogP contribution in [0.15, 0.2) is 33.2 Å². The van der Waals surface area contributed by atoms with E-state index < -0.39 is 0 Å². The van der Waals surface area contributed by atoms with Crippen molar-refractivity contribution in [3.8, 4) is 0 Å². The Morgan fingerprint density at radius 2 is 1.38 bits per heavy atom. The van der Waals surface area contributed by atoms with Crippen molar-refractivity contribution < 1.29 is 0 Å². The Labute approximate surface area is 94.3 Å². The molecule has 0 saturated heterocycles. The largest absolute Gasteiger partial charge is 0.0620 e. The van der Waals surface area contributed by atoms with Crippen LogP contribution in [0, 0.1) is 0 Å². The lowest BCUT2D eigenvalue weighted by molar-refractivity contribution is 0.799. The van der Waals surface area contributed by atoms with Gasteiger partial charge in [0.2, 0.25) is 0 Å². The van der Waals surface area contributed by atoms with Crippen molar-refractivity contribution in [3.63, 3.8) is 0 Å². The van der Waals surface area contributed by atoms with Gasteiger partial charge in [-0.2, -0.15) is 0 Å². The summed E-state index contributed by atoms with van der Waals surface area (Å²) in [6, 6.07) is 8.77. The molecule has 1 aromatic carbocycles. The van der Waals surface area contributed by atoms with Gasteiger partial charge < -0.3 is 0 Å². The molecular formula is C11H8Br2. The summed E-state index contributed by atoms with van der Waals surface area (Å²) < 4.78 is 2.72. The summed E-state index contributed by atoms with van der Waals surface area (Å²) in [5, 5.41) is 0. The molecule has 2 aliphatic rings. The van der Waals surface area contributed by atoms with E-state index in [1.54, 1.807) is 0 Å². The zero-order valence-corrected chi connectivity index (χ0v) is 10.1. The fourth-order valence-corrected chi connectivity index (χ4v) is 3.87. The molecule has 0 fully saturated rings. The van der Waals surface area contributed by atoms with E-state index in [9.17, 15) is 0 Å². The van der Waals surface area contributed by atoms with E-state index in [0.29, 0.717) is 11.8 Å². The van der Waals surface area contributed by atoms with E-state index in [4.69, 9.17) is 0 Å². The molecule has 66 valence electrons. The molecule has 0 nitrogen and oxygen atoms in total. The molecule has 0 unspecified atom stereocenters. The molecule has 0 spiro atoms. The topological polar surface area (TPSA) is 0 Å². The van der Waals surface area contributed by atoms with Crippen LogP contribution >= 0.6 is 31.9 Å². The zero-order chi connectivity index (χ0) is 9.00. The fourth-order valence-electron chi connectivity index (χ4n) is 2.45. The van der Waals surface area contributed by atoms with Crippen molar-refractivity contribution in [1.82, 2.24) is 0 Å². The lowest BCUT2D eigenvalue weighted by atomic mass is 9.97. The SMILES string of the molecule is BrC1=C(Br)[C@@H]2C[C@H]1c1ccccc12. The molecular weight excluding hydrogens is 292 g/mol.